The summed E-state index contributed by atoms with van der Waals surface area (Å²) < 4.78 is 5.44. The molecule has 1 aromatic rings. The van der Waals surface area contributed by atoms with Crippen LogP contribution in [0.4, 0.5) is 5.69 Å². The molecule has 0 spiro atoms. The SMILES string of the molecule is CCOc1c(Cl)cc(Cl)cc1NN(C)C. The monoisotopic (exact) mass is 248 g/mol. The van der Waals surface area contributed by atoms with Gasteiger partial charge >= 0.3 is 0 Å². The highest BCUT2D eigenvalue weighted by atomic mass is 35.5. The molecule has 0 atom stereocenters. The van der Waals surface area contributed by atoms with Crippen molar-refractivity contribution in [2.24, 2.45) is 0 Å². The third kappa shape index (κ3) is 3.45. The summed E-state index contributed by atoms with van der Waals surface area (Å²) in [5.74, 6) is 0.622. The molecule has 1 N–H and O–H groups in total. The Hall–Kier alpha value is -0.640. The maximum Gasteiger partial charge on any atom is 0.162 e. The van der Waals surface area contributed by atoms with Crippen molar-refractivity contribution >= 4 is 28.9 Å². The van der Waals surface area contributed by atoms with E-state index in [0.29, 0.717) is 22.4 Å². The zero-order valence-corrected chi connectivity index (χ0v) is 10.5. The van der Waals surface area contributed by atoms with Gasteiger partial charge in [-0.2, -0.15) is 0 Å². The Labute approximate surface area is 99.9 Å². The summed E-state index contributed by atoms with van der Waals surface area (Å²) >= 11 is 11.9. The highest BCUT2D eigenvalue weighted by Crippen LogP contribution is 2.36. The number of rotatable bonds is 4. The van der Waals surface area contributed by atoms with Crippen LogP contribution in [0.1, 0.15) is 6.92 Å². The number of hydrogen-bond donors (Lipinski definition) is 1. The molecule has 0 aliphatic heterocycles. The van der Waals surface area contributed by atoms with Crippen LogP contribution in [0.5, 0.6) is 5.75 Å². The van der Waals surface area contributed by atoms with Gasteiger partial charge < -0.3 is 10.2 Å². The summed E-state index contributed by atoms with van der Waals surface area (Å²) in [6.07, 6.45) is 0. The number of ether oxygens (including phenoxy) is 1. The van der Waals surface area contributed by atoms with E-state index in [0.717, 1.165) is 5.69 Å². The van der Waals surface area contributed by atoms with E-state index in [1.54, 1.807) is 17.1 Å². The first-order valence-corrected chi connectivity index (χ1v) is 5.36. The normalized spacial score (nSPS) is 10.5. The summed E-state index contributed by atoms with van der Waals surface area (Å²) in [4.78, 5) is 0. The summed E-state index contributed by atoms with van der Waals surface area (Å²) in [5, 5.41) is 2.88. The number of halogens is 2. The first-order valence-electron chi connectivity index (χ1n) is 4.60. The molecule has 0 saturated carbocycles. The van der Waals surface area contributed by atoms with Crippen LogP contribution in [-0.2, 0) is 0 Å². The van der Waals surface area contributed by atoms with Gasteiger partial charge in [-0.15, -0.1) is 0 Å². The Balaban J connectivity index is 3.08. The zero-order chi connectivity index (χ0) is 11.4. The number of nitrogens with one attached hydrogen (secondary N) is 1. The van der Waals surface area contributed by atoms with Crippen molar-refractivity contribution in [1.82, 2.24) is 5.01 Å². The predicted octanol–water partition coefficient (Wildman–Crippen LogP) is 3.28. The van der Waals surface area contributed by atoms with Gasteiger partial charge in [0.25, 0.3) is 0 Å². The van der Waals surface area contributed by atoms with Gasteiger partial charge in [0, 0.05) is 19.1 Å². The maximum atomic E-state index is 6.03. The van der Waals surface area contributed by atoms with E-state index in [1.165, 1.54) is 0 Å². The van der Waals surface area contributed by atoms with Crippen molar-refractivity contribution in [2.45, 2.75) is 6.92 Å². The van der Waals surface area contributed by atoms with Gasteiger partial charge in [-0.05, 0) is 19.1 Å². The van der Waals surface area contributed by atoms with Crippen LogP contribution in [-0.4, -0.2) is 25.7 Å². The molecule has 1 aromatic carbocycles. The Bertz CT molecular complexity index is 342. The molecule has 1 rings (SSSR count). The summed E-state index contributed by atoms with van der Waals surface area (Å²) in [6, 6.07) is 3.44. The molecule has 0 saturated heterocycles. The maximum absolute atomic E-state index is 6.03. The molecule has 0 aliphatic rings. The van der Waals surface area contributed by atoms with Gasteiger partial charge in [-0.1, -0.05) is 23.2 Å². The minimum Gasteiger partial charge on any atom is -0.490 e. The molecule has 0 bridgehead atoms. The lowest BCUT2D eigenvalue weighted by atomic mass is 10.3. The molecule has 15 heavy (non-hydrogen) atoms. The Morgan fingerprint density at radius 3 is 2.53 bits per heavy atom. The third-order valence-corrected chi connectivity index (χ3v) is 2.14. The van der Waals surface area contributed by atoms with E-state index >= 15 is 0 Å². The fourth-order valence-electron chi connectivity index (χ4n) is 1.18. The van der Waals surface area contributed by atoms with Gasteiger partial charge in [0.15, 0.2) is 5.75 Å². The van der Waals surface area contributed by atoms with E-state index < -0.39 is 0 Å². The second-order valence-corrected chi connectivity index (χ2v) is 4.05. The van der Waals surface area contributed by atoms with Gasteiger partial charge in [0.1, 0.15) is 0 Å². The van der Waals surface area contributed by atoms with Gasteiger partial charge in [0.2, 0.25) is 0 Å². The van der Waals surface area contributed by atoms with Crippen LogP contribution >= 0.6 is 23.2 Å². The van der Waals surface area contributed by atoms with Crippen LogP contribution in [0, 0.1) is 0 Å². The summed E-state index contributed by atoms with van der Waals surface area (Å²) in [6.45, 7) is 2.47. The highest BCUT2D eigenvalue weighted by molar-refractivity contribution is 6.36. The number of hydrogen-bond acceptors (Lipinski definition) is 3. The molecule has 0 aliphatic carbocycles. The van der Waals surface area contributed by atoms with Crippen molar-refractivity contribution in [1.29, 1.82) is 0 Å². The molecule has 0 amide bonds. The van der Waals surface area contributed by atoms with E-state index in [9.17, 15) is 0 Å². The van der Waals surface area contributed by atoms with E-state index in [1.807, 2.05) is 21.0 Å². The van der Waals surface area contributed by atoms with E-state index in [-0.39, 0.29) is 0 Å². The molecular weight excluding hydrogens is 235 g/mol. The topological polar surface area (TPSA) is 24.5 Å². The van der Waals surface area contributed by atoms with Crippen molar-refractivity contribution in [2.75, 3.05) is 26.1 Å². The molecule has 0 aromatic heterocycles. The first kappa shape index (κ1) is 12.4. The molecule has 3 nitrogen and oxygen atoms in total. The largest absolute Gasteiger partial charge is 0.490 e. The summed E-state index contributed by atoms with van der Waals surface area (Å²) in [5.41, 5.74) is 3.84. The number of hydrazine groups is 1. The minimum absolute atomic E-state index is 0.508. The minimum atomic E-state index is 0.508. The lowest BCUT2D eigenvalue weighted by molar-refractivity contribution is 0.339. The van der Waals surface area contributed by atoms with Gasteiger partial charge in [-0.3, -0.25) is 0 Å². The third-order valence-electron chi connectivity index (χ3n) is 1.64. The highest BCUT2D eigenvalue weighted by Gasteiger charge is 2.10. The zero-order valence-electron chi connectivity index (χ0n) is 8.97. The van der Waals surface area contributed by atoms with Gasteiger partial charge in [-0.25, -0.2) is 5.01 Å². The molecule has 0 fully saturated rings. The molecule has 0 radical (unpaired) electrons. The van der Waals surface area contributed by atoms with Crippen LogP contribution in [0.2, 0.25) is 10.0 Å². The second kappa shape index (κ2) is 5.45. The molecule has 5 heteroatoms. The lowest BCUT2D eigenvalue weighted by Gasteiger charge is -2.18. The van der Waals surface area contributed by atoms with Crippen molar-refractivity contribution < 1.29 is 4.74 Å². The van der Waals surface area contributed by atoms with Crippen LogP contribution in [0.15, 0.2) is 12.1 Å². The Kier molecular flexibility index (Phi) is 4.51. The fraction of sp³-hybridized carbons (Fsp3) is 0.400. The van der Waals surface area contributed by atoms with Crippen LogP contribution in [0.3, 0.4) is 0 Å². The quantitative estimate of drug-likeness (QED) is 0.828. The Morgan fingerprint density at radius 1 is 1.33 bits per heavy atom. The van der Waals surface area contributed by atoms with Gasteiger partial charge in [0.05, 0.1) is 17.3 Å². The van der Waals surface area contributed by atoms with Crippen molar-refractivity contribution in [3.05, 3.63) is 22.2 Å². The average molecular weight is 249 g/mol. The lowest BCUT2D eigenvalue weighted by Crippen LogP contribution is -2.20. The first-order chi connectivity index (χ1) is 7.04. The smallest absolute Gasteiger partial charge is 0.162 e. The predicted molar refractivity (Wildman–Crippen MR) is 64.9 cm³/mol. The average Bonchev–Trinajstić information content (AvgIpc) is 2.10. The number of anilines is 1. The fourth-order valence-corrected chi connectivity index (χ4v) is 1.72. The van der Waals surface area contributed by atoms with Crippen LogP contribution < -0.4 is 10.2 Å². The van der Waals surface area contributed by atoms with Crippen molar-refractivity contribution in [3.63, 3.8) is 0 Å². The Morgan fingerprint density at radius 2 is 2.00 bits per heavy atom. The van der Waals surface area contributed by atoms with E-state index in [2.05, 4.69) is 5.43 Å². The molecular formula is C10H14Cl2N2O. The number of nitrogens with zero attached hydrogens (tertiary/aromatic N) is 1. The molecule has 84 valence electrons. The second-order valence-electron chi connectivity index (χ2n) is 3.20. The molecule has 0 heterocycles. The van der Waals surface area contributed by atoms with Crippen LogP contribution in [0.25, 0.3) is 0 Å². The standard InChI is InChI=1S/C10H14Cl2N2O/c1-4-15-10-8(12)5-7(11)6-9(10)13-14(2)3/h5-6,13H,4H2,1-3H3. The molecule has 0 unspecified atom stereocenters. The van der Waals surface area contributed by atoms with E-state index in [4.69, 9.17) is 27.9 Å². The number of benzene rings is 1. The summed E-state index contributed by atoms with van der Waals surface area (Å²) in [7, 11) is 3.76. The van der Waals surface area contributed by atoms with Crippen molar-refractivity contribution in [3.8, 4) is 5.75 Å².